The van der Waals surface area contributed by atoms with Gasteiger partial charge in [0.2, 0.25) is 0 Å². The third-order valence-corrected chi connectivity index (χ3v) is 8.04. The maximum atomic E-state index is 12.0. The average Bonchev–Trinajstić information content (AvgIpc) is 2.98. The molecule has 0 N–H and O–H groups in total. The van der Waals surface area contributed by atoms with Crippen LogP contribution in [-0.4, -0.2) is 67.2 Å². The summed E-state index contributed by atoms with van der Waals surface area (Å²) in [4.78, 5) is 12.0. The van der Waals surface area contributed by atoms with Gasteiger partial charge in [0.05, 0.1) is 51.1 Å². The second-order valence-corrected chi connectivity index (χ2v) is 12.0. The first kappa shape index (κ1) is 37.5. The molecule has 238 valence electrons. The Kier molecular flexibility index (Phi) is 25.0. The molecular formula is C32H56O8S. The van der Waals surface area contributed by atoms with Crippen molar-refractivity contribution in [2.24, 2.45) is 0 Å². The molecule has 0 radical (unpaired) electrons. The smallest absolute Gasteiger partial charge is 0.305 e. The molecule has 0 heterocycles. The molecule has 41 heavy (non-hydrogen) atoms. The van der Waals surface area contributed by atoms with E-state index in [2.05, 4.69) is 6.92 Å². The molecule has 0 spiro atoms. The van der Waals surface area contributed by atoms with Crippen LogP contribution in [-0.2, 0) is 38.0 Å². The van der Waals surface area contributed by atoms with Gasteiger partial charge in [-0.15, -0.1) is 0 Å². The molecule has 1 aromatic rings. The fourth-order valence-electron chi connectivity index (χ4n) is 4.33. The number of unbranched alkanes of at least 4 members (excludes halogenated alkanes) is 14. The van der Waals surface area contributed by atoms with Gasteiger partial charge in [-0.05, 0) is 18.6 Å². The molecule has 0 unspecified atom stereocenters. The van der Waals surface area contributed by atoms with Crippen molar-refractivity contribution in [1.29, 1.82) is 0 Å². The summed E-state index contributed by atoms with van der Waals surface area (Å²) in [5.74, 6) is -0.155. The number of benzene rings is 1. The van der Waals surface area contributed by atoms with Crippen LogP contribution in [0.3, 0.4) is 0 Å². The molecule has 1 aromatic carbocycles. The van der Waals surface area contributed by atoms with Crippen LogP contribution in [0.4, 0.5) is 0 Å². The summed E-state index contributed by atoms with van der Waals surface area (Å²) >= 11 is 0. The molecule has 0 fully saturated rings. The average molecular weight is 601 g/mol. The van der Waals surface area contributed by atoms with E-state index in [4.69, 9.17) is 23.1 Å². The molecule has 1 rings (SSSR count). The Hall–Kier alpha value is -1.52. The topological polar surface area (TPSA) is 97.4 Å². The predicted molar refractivity (Wildman–Crippen MR) is 163 cm³/mol. The second kappa shape index (κ2) is 27.3. The predicted octanol–water partition coefficient (Wildman–Crippen LogP) is 7.25. The number of ether oxygens (including phenoxy) is 4. The normalized spacial score (nSPS) is 11.6. The van der Waals surface area contributed by atoms with Crippen LogP contribution in [0.5, 0.6) is 0 Å². The summed E-state index contributed by atoms with van der Waals surface area (Å²) in [5, 5.41) is 0. The maximum Gasteiger partial charge on any atom is 0.305 e. The van der Waals surface area contributed by atoms with E-state index < -0.39 is 10.1 Å². The van der Waals surface area contributed by atoms with Crippen molar-refractivity contribution < 1.29 is 36.3 Å². The quantitative estimate of drug-likeness (QED) is 0.0518. The number of esters is 1. The fourth-order valence-corrected chi connectivity index (χ4v) is 5.24. The van der Waals surface area contributed by atoms with Crippen LogP contribution in [0.25, 0.3) is 0 Å². The summed E-state index contributed by atoms with van der Waals surface area (Å²) < 4.78 is 50.2. The van der Waals surface area contributed by atoms with Gasteiger partial charge < -0.3 is 18.9 Å². The Morgan fingerprint density at radius 2 is 0.976 bits per heavy atom. The fraction of sp³-hybridized carbons (Fsp3) is 0.781. The molecule has 0 aliphatic carbocycles. The van der Waals surface area contributed by atoms with E-state index in [0.29, 0.717) is 39.5 Å². The number of hydrogen-bond donors (Lipinski definition) is 0. The van der Waals surface area contributed by atoms with Gasteiger partial charge in [-0.1, -0.05) is 115 Å². The summed E-state index contributed by atoms with van der Waals surface area (Å²) in [7, 11) is -3.75. The van der Waals surface area contributed by atoms with Crippen LogP contribution >= 0.6 is 0 Å². The van der Waals surface area contributed by atoms with Crippen LogP contribution in [0, 0.1) is 0 Å². The molecule has 0 aliphatic heterocycles. The van der Waals surface area contributed by atoms with E-state index in [1.807, 2.05) is 0 Å². The van der Waals surface area contributed by atoms with Gasteiger partial charge in [0.15, 0.2) is 0 Å². The first-order valence-electron chi connectivity index (χ1n) is 15.9. The first-order chi connectivity index (χ1) is 20.1. The number of rotatable bonds is 30. The molecule has 0 saturated heterocycles. The lowest BCUT2D eigenvalue weighted by atomic mass is 10.0. The number of carbonyl (C=O) groups is 1. The van der Waals surface area contributed by atoms with Gasteiger partial charge in [0.1, 0.15) is 6.61 Å². The zero-order valence-corrected chi connectivity index (χ0v) is 26.3. The van der Waals surface area contributed by atoms with Crippen LogP contribution in [0.2, 0.25) is 0 Å². The van der Waals surface area contributed by atoms with Crippen molar-refractivity contribution in [3.8, 4) is 0 Å². The first-order valence-corrected chi connectivity index (χ1v) is 17.3. The third kappa shape index (κ3) is 23.7. The van der Waals surface area contributed by atoms with Crippen molar-refractivity contribution in [2.75, 3.05) is 52.9 Å². The monoisotopic (exact) mass is 600 g/mol. The Balaban J connectivity index is 1.75. The standard InChI is InChI=1S/C32H56O8S/c1-2-3-4-5-6-7-8-9-10-11-12-13-14-15-19-22-32(33)39-29-27-37-25-23-36-24-26-38-28-30-40-41(34,35)31-20-17-16-18-21-31/h16-18,20-21H,2-15,19,22-30H2,1H3. The van der Waals surface area contributed by atoms with Crippen molar-refractivity contribution in [3.05, 3.63) is 30.3 Å². The highest BCUT2D eigenvalue weighted by molar-refractivity contribution is 7.86. The summed E-state index contributed by atoms with van der Waals surface area (Å²) in [6, 6.07) is 7.99. The maximum absolute atomic E-state index is 12.0. The van der Waals surface area contributed by atoms with Gasteiger partial charge >= 0.3 is 5.97 Å². The van der Waals surface area contributed by atoms with E-state index in [9.17, 15) is 13.2 Å². The van der Waals surface area contributed by atoms with E-state index in [0.717, 1.165) is 12.8 Å². The highest BCUT2D eigenvalue weighted by atomic mass is 32.2. The second-order valence-electron chi connectivity index (χ2n) is 10.3. The van der Waals surface area contributed by atoms with Crippen LogP contribution < -0.4 is 0 Å². The Morgan fingerprint density at radius 1 is 0.561 bits per heavy atom. The summed E-state index contributed by atoms with van der Waals surface area (Å²) in [5.41, 5.74) is 0. The lowest BCUT2D eigenvalue weighted by Crippen LogP contribution is -2.15. The highest BCUT2D eigenvalue weighted by Gasteiger charge is 2.13. The Bertz CT molecular complexity index is 816. The van der Waals surface area contributed by atoms with E-state index in [1.165, 1.54) is 95.6 Å². The zero-order valence-electron chi connectivity index (χ0n) is 25.5. The molecule has 0 aromatic heterocycles. The van der Waals surface area contributed by atoms with Gasteiger partial charge in [0, 0.05) is 6.42 Å². The molecule has 9 heteroatoms. The Morgan fingerprint density at radius 3 is 1.46 bits per heavy atom. The van der Waals surface area contributed by atoms with Crippen molar-refractivity contribution in [3.63, 3.8) is 0 Å². The SMILES string of the molecule is CCCCCCCCCCCCCCCCCC(=O)OCCOCCOCCOCCOS(=O)(=O)c1ccccc1. The van der Waals surface area contributed by atoms with Gasteiger partial charge in [-0.25, -0.2) is 0 Å². The van der Waals surface area contributed by atoms with Crippen molar-refractivity contribution in [2.45, 2.75) is 115 Å². The van der Waals surface area contributed by atoms with E-state index in [-0.39, 0.29) is 30.7 Å². The lowest BCUT2D eigenvalue weighted by molar-refractivity contribution is -0.145. The molecular weight excluding hydrogens is 544 g/mol. The van der Waals surface area contributed by atoms with E-state index >= 15 is 0 Å². The lowest BCUT2D eigenvalue weighted by Gasteiger charge is -2.08. The molecule has 8 nitrogen and oxygen atoms in total. The largest absolute Gasteiger partial charge is 0.463 e. The van der Waals surface area contributed by atoms with Crippen molar-refractivity contribution >= 4 is 16.1 Å². The molecule has 0 amide bonds. The molecule has 0 aliphatic rings. The highest BCUT2D eigenvalue weighted by Crippen LogP contribution is 2.14. The van der Waals surface area contributed by atoms with Crippen LogP contribution in [0.1, 0.15) is 110 Å². The minimum absolute atomic E-state index is 0.0570. The number of carbonyl (C=O) groups excluding carboxylic acids is 1. The number of hydrogen-bond acceptors (Lipinski definition) is 8. The molecule has 0 atom stereocenters. The van der Waals surface area contributed by atoms with Gasteiger partial charge in [-0.3, -0.25) is 8.98 Å². The third-order valence-electron chi connectivity index (χ3n) is 6.72. The minimum Gasteiger partial charge on any atom is -0.463 e. The van der Waals surface area contributed by atoms with E-state index in [1.54, 1.807) is 18.2 Å². The summed E-state index contributed by atoms with van der Waals surface area (Å²) in [6.45, 7) is 4.45. The van der Waals surface area contributed by atoms with Gasteiger partial charge in [0.25, 0.3) is 10.1 Å². The molecule has 0 bridgehead atoms. The zero-order chi connectivity index (χ0) is 29.7. The van der Waals surface area contributed by atoms with Gasteiger partial charge in [-0.2, -0.15) is 8.42 Å². The van der Waals surface area contributed by atoms with Crippen molar-refractivity contribution in [1.82, 2.24) is 0 Å². The molecule has 0 saturated carbocycles. The summed E-state index contributed by atoms with van der Waals surface area (Å²) in [6.07, 6.45) is 20.1. The van der Waals surface area contributed by atoms with Crippen LogP contribution in [0.15, 0.2) is 35.2 Å². The Labute approximate surface area is 249 Å². The minimum atomic E-state index is -3.75.